The fourth-order valence-electron chi connectivity index (χ4n) is 4.22. The number of furan rings is 1. The monoisotopic (exact) mass is 582 g/mol. The molecule has 0 saturated carbocycles. The number of nitrogens with zero attached hydrogens (tertiary/aromatic N) is 3. The number of ether oxygens (including phenoxy) is 1. The Kier molecular flexibility index (Phi) is 7.24. The van der Waals surface area contributed by atoms with Crippen molar-refractivity contribution in [1.29, 1.82) is 0 Å². The van der Waals surface area contributed by atoms with Crippen molar-refractivity contribution in [1.82, 2.24) is 9.66 Å². The Morgan fingerprint density at radius 2 is 1.78 bits per heavy atom. The van der Waals surface area contributed by atoms with Crippen molar-refractivity contribution < 1.29 is 13.9 Å². The van der Waals surface area contributed by atoms with Gasteiger partial charge in [-0.1, -0.05) is 53.5 Å². The van der Waals surface area contributed by atoms with E-state index < -0.39 is 0 Å². The van der Waals surface area contributed by atoms with Gasteiger partial charge in [-0.25, -0.2) is 4.98 Å². The first-order chi connectivity index (χ1) is 19.9. The summed E-state index contributed by atoms with van der Waals surface area (Å²) in [6.07, 6.45) is 1.48. The van der Waals surface area contributed by atoms with Gasteiger partial charge in [-0.05, 0) is 72.3 Å². The summed E-state index contributed by atoms with van der Waals surface area (Å²) < 4.78 is 12.8. The van der Waals surface area contributed by atoms with Crippen LogP contribution >= 0.6 is 23.2 Å². The van der Waals surface area contributed by atoms with Gasteiger partial charge < -0.3 is 14.5 Å². The molecule has 0 saturated heterocycles. The summed E-state index contributed by atoms with van der Waals surface area (Å²) in [5.41, 5.74) is 2.01. The van der Waals surface area contributed by atoms with Crippen LogP contribution in [0.15, 0.2) is 111 Å². The lowest BCUT2D eigenvalue weighted by molar-refractivity contribution is -0.118. The number of nitrogens with one attached hydrogen (secondary N) is 1. The molecular weight excluding hydrogens is 563 g/mol. The van der Waals surface area contributed by atoms with Gasteiger partial charge in [0.1, 0.15) is 11.3 Å². The van der Waals surface area contributed by atoms with Gasteiger partial charge in [-0.2, -0.15) is 9.78 Å². The molecule has 0 fully saturated rings. The summed E-state index contributed by atoms with van der Waals surface area (Å²) in [4.78, 5) is 30.4. The summed E-state index contributed by atoms with van der Waals surface area (Å²) >= 11 is 12.6. The quantitative estimate of drug-likeness (QED) is 0.204. The van der Waals surface area contributed by atoms with E-state index in [9.17, 15) is 9.59 Å². The highest BCUT2D eigenvalue weighted by Crippen LogP contribution is 2.29. The summed E-state index contributed by atoms with van der Waals surface area (Å²) in [5, 5.41) is 9.21. The van der Waals surface area contributed by atoms with E-state index in [2.05, 4.69) is 15.4 Å². The second kappa shape index (κ2) is 11.3. The third-order valence-corrected chi connectivity index (χ3v) is 6.68. The van der Waals surface area contributed by atoms with Crippen LogP contribution in [0.3, 0.4) is 0 Å². The Morgan fingerprint density at radius 3 is 2.61 bits per heavy atom. The zero-order chi connectivity index (χ0) is 28.3. The van der Waals surface area contributed by atoms with Gasteiger partial charge >= 0.3 is 0 Å². The van der Waals surface area contributed by atoms with Crippen LogP contribution in [0.1, 0.15) is 5.56 Å². The lowest BCUT2D eigenvalue weighted by Crippen LogP contribution is -2.20. The molecule has 1 N–H and O–H groups in total. The lowest BCUT2D eigenvalue weighted by atomic mass is 10.2. The average molecular weight is 583 g/mol. The van der Waals surface area contributed by atoms with Gasteiger partial charge in [-0.3, -0.25) is 9.59 Å². The minimum atomic E-state index is -0.365. The standard InChI is InChI=1S/C31H20Cl2N4O4/c32-21-11-13-26-20(15-21)16-28(41-26)30-36-25-9-5-4-8-23(25)31(39)37(30)34-17-19-10-12-27(24(33)14-19)40-18-29(38)35-22-6-2-1-3-7-22/h1-17H,18H2,(H,35,38). The molecule has 2 aromatic heterocycles. The third kappa shape index (κ3) is 5.70. The van der Waals surface area contributed by atoms with E-state index in [1.807, 2.05) is 24.3 Å². The Labute approximate surface area is 243 Å². The number of fused-ring (bicyclic) bond motifs is 2. The Hall–Kier alpha value is -4.92. The van der Waals surface area contributed by atoms with Crippen molar-refractivity contribution in [3.63, 3.8) is 0 Å². The topological polar surface area (TPSA) is 98.7 Å². The van der Waals surface area contributed by atoms with Gasteiger partial charge in [0.2, 0.25) is 5.82 Å². The fraction of sp³-hybridized carbons (Fsp3) is 0.0323. The zero-order valence-corrected chi connectivity index (χ0v) is 22.8. The maximum absolute atomic E-state index is 13.5. The van der Waals surface area contributed by atoms with Crippen molar-refractivity contribution >= 4 is 62.9 Å². The summed E-state index contributed by atoms with van der Waals surface area (Å²) in [6, 6.07) is 28.1. The number of aromatic nitrogens is 2. The smallest absolute Gasteiger partial charge is 0.282 e. The molecule has 202 valence electrons. The highest BCUT2D eigenvalue weighted by Gasteiger charge is 2.17. The predicted molar refractivity (Wildman–Crippen MR) is 161 cm³/mol. The molecule has 0 aliphatic rings. The normalized spacial score (nSPS) is 11.4. The van der Waals surface area contributed by atoms with E-state index in [0.29, 0.717) is 44.3 Å². The van der Waals surface area contributed by atoms with E-state index in [1.54, 1.807) is 72.8 Å². The van der Waals surface area contributed by atoms with E-state index in [4.69, 9.17) is 32.4 Å². The molecule has 0 bridgehead atoms. The molecule has 10 heteroatoms. The molecule has 6 aromatic rings. The SMILES string of the molecule is O=C(COc1ccc(C=Nn2c(-c3cc4cc(Cl)ccc4o3)nc3ccccc3c2=O)cc1Cl)Nc1ccccc1. The largest absolute Gasteiger partial charge is 0.482 e. The van der Waals surface area contributed by atoms with Crippen LogP contribution in [0, 0.1) is 0 Å². The fourth-order valence-corrected chi connectivity index (χ4v) is 4.64. The number of halogens is 2. The molecular formula is C31H20Cl2N4O4. The number of carbonyl (C=O) groups is 1. The molecule has 8 nitrogen and oxygen atoms in total. The molecule has 0 radical (unpaired) electrons. The van der Waals surface area contributed by atoms with Crippen molar-refractivity contribution in [2.75, 3.05) is 11.9 Å². The van der Waals surface area contributed by atoms with E-state index in [1.165, 1.54) is 10.9 Å². The second-order valence-corrected chi connectivity index (χ2v) is 9.84. The first kappa shape index (κ1) is 26.3. The highest BCUT2D eigenvalue weighted by atomic mass is 35.5. The van der Waals surface area contributed by atoms with Crippen LogP contribution in [-0.2, 0) is 4.79 Å². The number of anilines is 1. The average Bonchev–Trinajstić information content (AvgIpc) is 3.40. The summed E-state index contributed by atoms with van der Waals surface area (Å²) in [5.74, 6) is 0.602. The first-order valence-corrected chi connectivity index (χ1v) is 13.2. The van der Waals surface area contributed by atoms with E-state index in [-0.39, 0.29) is 28.9 Å². The van der Waals surface area contributed by atoms with Crippen LogP contribution in [0.5, 0.6) is 5.75 Å². The zero-order valence-electron chi connectivity index (χ0n) is 21.3. The summed E-state index contributed by atoms with van der Waals surface area (Å²) in [6.45, 7) is -0.216. The van der Waals surface area contributed by atoms with Crippen molar-refractivity contribution in [3.05, 3.63) is 123 Å². The minimum Gasteiger partial charge on any atom is -0.482 e. The molecule has 0 spiro atoms. The Morgan fingerprint density at radius 1 is 0.976 bits per heavy atom. The Bertz CT molecular complexity index is 2000. The van der Waals surface area contributed by atoms with Gasteiger partial charge in [-0.15, -0.1) is 0 Å². The van der Waals surface area contributed by atoms with E-state index in [0.717, 1.165) is 5.39 Å². The molecule has 1 amide bonds. The number of carbonyl (C=O) groups excluding carboxylic acids is 1. The number of benzene rings is 4. The molecule has 0 unspecified atom stereocenters. The van der Waals surface area contributed by atoms with Crippen molar-refractivity contribution in [3.8, 4) is 17.3 Å². The predicted octanol–water partition coefficient (Wildman–Crippen LogP) is 7.02. The van der Waals surface area contributed by atoms with Crippen LogP contribution in [0.25, 0.3) is 33.5 Å². The molecule has 41 heavy (non-hydrogen) atoms. The number of rotatable bonds is 7. The number of amides is 1. The van der Waals surface area contributed by atoms with Crippen LogP contribution in [0.4, 0.5) is 5.69 Å². The van der Waals surface area contributed by atoms with Gasteiger partial charge in [0.15, 0.2) is 12.4 Å². The van der Waals surface area contributed by atoms with Crippen LogP contribution in [-0.4, -0.2) is 28.4 Å². The number of hydrogen-bond donors (Lipinski definition) is 1. The molecule has 0 aliphatic heterocycles. The van der Waals surface area contributed by atoms with Crippen LogP contribution in [0.2, 0.25) is 10.0 Å². The van der Waals surface area contributed by atoms with Gasteiger partial charge in [0, 0.05) is 16.1 Å². The highest BCUT2D eigenvalue weighted by molar-refractivity contribution is 6.32. The summed E-state index contributed by atoms with van der Waals surface area (Å²) in [7, 11) is 0. The Balaban J connectivity index is 1.28. The van der Waals surface area contributed by atoms with Crippen LogP contribution < -0.4 is 15.6 Å². The van der Waals surface area contributed by atoms with E-state index >= 15 is 0 Å². The lowest BCUT2D eigenvalue weighted by Gasteiger charge is -2.09. The van der Waals surface area contributed by atoms with Crippen molar-refractivity contribution in [2.24, 2.45) is 5.10 Å². The van der Waals surface area contributed by atoms with Gasteiger partial charge in [0.05, 0.1) is 22.1 Å². The third-order valence-electron chi connectivity index (χ3n) is 6.15. The second-order valence-electron chi connectivity index (χ2n) is 9.00. The van der Waals surface area contributed by atoms with Crippen molar-refractivity contribution in [2.45, 2.75) is 0 Å². The molecule has 2 heterocycles. The van der Waals surface area contributed by atoms with Gasteiger partial charge in [0.25, 0.3) is 11.5 Å². The first-order valence-electron chi connectivity index (χ1n) is 12.5. The molecule has 4 aromatic carbocycles. The maximum atomic E-state index is 13.5. The number of hydrogen-bond acceptors (Lipinski definition) is 6. The number of para-hydroxylation sites is 2. The molecule has 0 atom stereocenters. The molecule has 6 rings (SSSR count). The molecule has 0 aliphatic carbocycles. The minimum absolute atomic E-state index is 0.216. The maximum Gasteiger partial charge on any atom is 0.282 e.